The van der Waals surface area contributed by atoms with Crippen LogP contribution in [0.25, 0.3) is 0 Å². The van der Waals surface area contributed by atoms with Gasteiger partial charge in [0.05, 0.1) is 6.10 Å². The largest absolute Gasteiger partial charge is 0.388 e. The Morgan fingerprint density at radius 3 is 2.86 bits per heavy atom. The van der Waals surface area contributed by atoms with Crippen LogP contribution < -0.4 is 0 Å². The molecule has 1 aromatic rings. The molecule has 1 nitrogen and oxygen atoms in total. The van der Waals surface area contributed by atoms with Crippen molar-refractivity contribution in [3.8, 4) is 0 Å². The molecule has 0 radical (unpaired) electrons. The highest BCUT2D eigenvalue weighted by Crippen LogP contribution is 2.36. The predicted octanol–water partition coefficient (Wildman–Crippen LogP) is 3.13. The maximum absolute atomic E-state index is 10.1. The highest BCUT2D eigenvalue weighted by molar-refractivity contribution is 7.99. The van der Waals surface area contributed by atoms with Gasteiger partial charge in [-0.15, -0.1) is 0 Å². The van der Waals surface area contributed by atoms with Crippen molar-refractivity contribution >= 4 is 23.4 Å². The highest BCUT2D eigenvalue weighted by Gasteiger charge is 2.25. The monoisotopic (exact) mass is 228 g/mol. The van der Waals surface area contributed by atoms with Crippen LogP contribution in [0.15, 0.2) is 24.3 Å². The minimum atomic E-state index is -0.390. The molecule has 2 atom stereocenters. The molecule has 0 aliphatic carbocycles. The van der Waals surface area contributed by atoms with E-state index in [0.29, 0.717) is 10.9 Å². The third-order valence-electron chi connectivity index (χ3n) is 2.64. The lowest BCUT2D eigenvalue weighted by Gasteiger charge is -2.18. The maximum atomic E-state index is 10.1. The van der Waals surface area contributed by atoms with Gasteiger partial charge in [-0.1, -0.05) is 29.8 Å². The number of hydrogen-bond acceptors (Lipinski definition) is 2. The molecular formula is C11H13ClOS. The Morgan fingerprint density at radius 2 is 2.21 bits per heavy atom. The Bertz CT molecular complexity index is 310. The molecule has 1 saturated heterocycles. The van der Waals surface area contributed by atoms with Crippen molar-refractivity contribution in [2.24, 2.45) is 5.92 Å². The number of aliphatic hydroxyl groups excluding tert-OH is 1. The fourth-order valence-corrected chi connectivity index (χ4v) is 3.31. The summed E-state index contributed by atoms with van der Waals surface area (Å²) in [6.07, 6.45) is 0.704. The molecule has 3 heteroatoms. The zero-order valence-electron chi connectivity index (χ0n) is 7.82. The summed E-state index contributed by atoms with van der Waals surface area (Å²) in [5.74, 6) is 2.58. The molecule has 0 aromatic heterocycles. The van der Waals surface area contributed by atoms with Crippen LogP contribution in [0.2, 0.25) is 5.02 Å². The first-order chi connectivity index (χ1) is 6.79. The molecule has 1 aromatic carbocycles. The Balaban J connectivity index is 2.17. The van der Waals surface area contributed by atoms with Crippen LogP contribution in [-0.4, -0.2) is 16.6 Å². The number of halogens is 1. The average molecular weight is 229 g/mol. The number of rotatable bonds is 2. The topological polar surface area (TPSA) is 20.2 Å². The summed E-state index contributed by atoms with van der Waals surface area (Å²) in [6, 6.07) is 7.56. The standard InChI is InChI=1S/C11H13ClOS/c12-10-4-2-1-3-9(10)11(13)8-5-6-14-7-8/h1-4,8,11,13H,5-7H2. The van der Waals surface area contributed by atoms with Crippen LogP contribution in [0.1, 0.15) is 18.1 Å². The van der Waals surface area contributed by atoms with Gasteiger partial charge in [-0.2, -0.15) is 11.8 Å². The summed E-state index contributed by atoms with van der Waals surface area (Å²) in [6.45, 7) is 0. The molecule has 1 fully saturated rings. The van der Waals surface area contributed by atoms with Crippen molar-refractivity contribution in [1.82, 2.24) is 0 Å². The summed E-state index contributed by atoms with van der Waals surface area (Å²) in [5, 5.41) is 10.8. The molecule has 1 aliphatic heterocycles. The minimum absolute atomic E-state index is 0.375. The van der Waals surface area contributed by atoms with E-state index < -0.39 is 6.10 Å². The first-order valence-corrected chi connectivity index (χ1v) is 6.32. The average Bonchev–Trinajstić information content (AvgIpc) is 2.70. The lowest BCUT2D eigenvalue weighted by atomic mass is 9.95. The van der Waals surface area contributed by atoms with Gasteiger partial charge in [0.1, 0.15) is 0 Å². The van der Waals surface area contributed by atoms with Crippen molar-refractivity contribution in [3.63, 3.8) is 0 Å². The molecule has 76 valence electrons. The smallest absolute Gasteiger partial charge is 0.0840 e. The lowest BCUT2D eigenvalue weighted by molar-refractivity contribution is 0.121. The summed E-state index contributed by atoms with van der Waals surface area (Å²) in [5.41, 5.74) is 0.877. The van der Waals surface area contributed by atoms with Crippen molar-refractivity contribution < 1.29 is 5.11 Å². The quantitative estimate of drug-likeness (QED) is 0.840. The van der Waals surface area contributed by atoms with Gasteiger partial charge in [-0.3, -0.25) is 0 Å². The third-order valence-corrected chi connectivity index (χ3v) is 4.17. The summed E-state index contributed by atoms with van der Waals surface area (Å²) in [7, 11) is 0. The van der Waals surface area contributed by atoms with Crippen molar-refractivity contribution in [2.45, 2.75) is 12.5 Å². The van der Waals surface area contributed by atoms with Crippen LogP contribution in [-0.2, 0) is 0 Å². The second-order valence-electron chi connectivity index (χ2n) is 3.59. The molecular weight excluding hydrogens is 216 g/mol. The van der Waals surface area contributed by atoms with Crippen LogP contribution in [0.5, 0.6) is 0 Å². The zero-order valence-corrected chi connectivity index (χ0v) is 9.39. The van der Waals surface area contributed by atoms with E-state index in [4.69, 9.17) is 11.6 Å². The molecule has 1 heterocycles. The first-order valence-electron chi connectivity index (χ1n) is 4.79. The van der Waals surface area contributed by atoms with Gasteiger partial charge in [0, 0.05) is 5.02 Å². The summed E-state index contributed by atoms with van der Waals surface area (Å²) >= 11 is 7.94. The van der Waals surface area contributed by atoms with E-state index in [1.165, 1.54) is 0 Å². The Kier molecular flexibility index (Phi) is 3.37. The van der Waals surface area contributed by atoms with Crippen molar-refractivity contribution in [1.29, 1.82) is 0 Å². The number of hydrogen-bond donors (Lipinski definition) is 1. The van der Waals surface area contributed by atoms with Gasteiger partial charge in [-0.05, 0) is 35.5 Å². The fourth-order valence-electron chi connectivity index (χ4n) is 1.77. The van der Waals surface area contributed by atoms with E-state index in [-0.39, 0.29) is 0 Å². The third kappa shape index (κ3) is 2.08. The second kappa shape index (κ2) is 4.56. The van der Waals surface area contributed by atoms with E-state index in [0.717, 1.165) is 23.5 Å². The lowest BCUT2D eigenvalue weighted by Crippen LogP contribution is -2.11. The predicted molar refractivity (Wildman–Crippen MR) is 61.8 cm³/mol. The summed E-state index contributed by atoms with van der Waals surface area (Å²) in [4.78, 5) is 0. The van der Waals surface area contributed by atoms with Gasteiger partial charge < -0.3 is 5.11 Å². The first kappa shape index (κ1) is 10.3. The molecule has 1 N–H and O–H groups in total. The van der Waals surface area contributed by atoms with Gasteiger partial charge in [0.2, 0.25) is 0 Å². The van der Waals surface area contributed by atoms with E-state index >= 15 is 0 Å². The van der Waals surface area contributed by atoms with Crippen molar-refractivity contribution in [3.05, 3.63) is 34.9 Å². The van der Waals surface area contributed by atoms with Crippen LogP contribution in [0, 0.1) is 5.92 Å². The van der Waals surface area contributed by atoms with Crippen LogP contribution in [0.4, 0.5) is 0 Å². The van der Waals surface area contributed by atoms with E-state index in [1.54, 1.807) is 0 Å². The van der Waals surface area contributed by atoms with Gasteiger partial charge in [0.25, 0.3) is 0 Å². The van der Waals surface area contributed by atoms with Crippen LogP contribution in [0.3, 0.4) is 0 Å². The number of thioether (sulfide) groups is 1. The molecule has 1 aliphatic rings. The molecule has 14 heavy (non-hydrogen) atoms. The van der Waals surface area contributed by atoms with Gasteiger partial charge >= 0.3 is 0 Å². The van der Waals surface area contributed by atoms with E-state index in [2.05, 4.69) is 0 Å². The molecule has 0 bridgehead atoms. The Morgan fingerprint density at radius 1 is 1.43 bits per heavy atom. The minimum Gasteiger partial charge on any atom is -0.388 e. The molecule has 0 saturated carbocycles. The van der Waals surface area contributed by atoms with Gasteiger partial charge in [0.15, 0.2) is 0 Å². The molecule has 2 unspecified atom stereocenters. The van der Waals surface area contributed by atoms with Gasteiger partial charge in [-0.25, -0.2) is 0 Å². The zero-order chi connectivity index (χ0) is 9.97. The SMILES string of the molecule is OC(c1ccccc1Cl)C1CCSC1. The number of aliphatic hydroxyl groups is 1. The Labute approximate surface area is 93.5 Å². The van der Waals surface area contributed by atoms with E-state index in [9.17, 15) is 5.11 Å². The second-order valence-corrected chi connectivity index (χ2v) is 5.15. The van der Waals surface area contributed by atoms with Crippen LogP contribution >= 0.6 is 23.4 Å². The molecule has 0 amide bonds. The summed E-state index contributed by atoms with van der Waals surface area (Å²) < 4.78 is 0. The molecule has 0 spiro atoms. The van der Waals surface area contributed by atoms with E-state index in [1.807, 2.05) is 36.0 Å². The number of benzene rings is 1. The van der Waals surface area contributed by atoms with Crippen molar-refractivity contribution in [2.75, 3.05) is 11.5 Å². The molecule has 2 rings (SSSR count). The Hall–Kier alpha value is -0.180. The normalized spacial score (nSPS) is 23.7. The highest BCUT2D eigenvalue weighted by atomic mass is 35.5. The fraction of sp³-hybridized carbons (Fsp3) is 0.455. The maximum Gasteiger partial charge on any atom is 0.0840 e.